The van der Waals surface area contributed by atoms with Crippen molar-refractivity contribution in [1.29, 1.82) is 0 Å². The van der Waals surface area contributed by atoms with Crippen LogP contribution >= 0.6 is 0 Å². The van der Waals surface area contributed by atoms with Gasteiger partial charge in [-0.15, -0.1) is 0 Å². The zero-order valence-corrected chi connectivity index (χ0v) is 9.71. The first-order valence-electron chi connectivity index (χ1n) is 6.10. The molecule has 90 valence electrons. The maximum Gasteiger partial charge on any atom is 0.175 e. The van der Waals surface area contributed by atoms with Gasteiger partial charge in [0.05, 0.1) is 6.04 Å². The number of nitrogens with zero attached hydrogens (tertiary/aromatic N) is 3. The quantitative estimate of drug-likeness (QED) is 0.687. The Balaban J connectivity index is 1.80. The second-order valence-electron chi connectivity index (χ2n) is 4.61. The van der Waals surface area contributed by atoms with Crippen molar-refractivity contribution >= 4 is 11.7 Å². The second-order valence-corrected chi connectivity index (χ2v) is 4.61. The number of aliphatic imine (C=N–C) groups is 2. The van der Waals surface area contributed by atoms with E-state index in [2.05, 4.69) is 16.4 Å². The lowest BCUT2D eigenvalue weighted by Gasteiger charge is -2.31. The SMILES string of the molecule is NC1=NC=CN2C=CC(C3CCCNC3)N=C12. The summed E-state index contributed by atoms with van der Waals surface area (Å²) in [7, 11) is 0. The molecule has 0 bridgehead atoms. The molecule has 0 amide bonds. The van der Waals surface area contributed by atoms with Crippen LogP contribution in [0.5, 0.6) is 0 Å². The Hall–Kier alpha value is -1.62. The molecule has 5 heteroatoms. The van der Waals surface area contributed by atoms with Crippen LogP contribution in [0.4, 0.5) is 0 Å². The summed E-state index contributed by atoms with van der Waals surface area (Å²) in [5, 5.41) is 3.42. The van der Waals surface area contributed by atoms with E-state index in [1.54, 1.807) is 6.20 Å². The molecule has 3 aliphatic rings. The standard InChI is InChI=1S/C12H17N5/c13-11-12-16-10(9-2-1-4-14-8-9)3-6-17(12)7-5-15-11/h3,5-7,9-10,14H,1-2,4,8H2,(H2,13,15). The summed E-state index contributed by atoms with van der Waals surface area (Å²) < 4.78 is 0. The first-order chi connectivity index (χ1) is 8.34. The minimum Gasteiger partial charge on any atom is -0.381 e. The molecule has 1 saturated heterocycles. The molecule has 0 aromatic heterocycles. The molecule has 3 heterocycles. The third-order valence-corrected chi connectivity index (χ3v) is 3.45. The molecule has 3 aliphatic heterocycles. The van der Waals surface area contributed by atoms with Crippen LogP contribution in [0.3, 0.4) is 0 Å². The minimum absolute atomic E-state index is 0.231. The summed E-state index contributed by atoms with van der Waals surface area (Å²) in [4.78, 5) is 10.7. The molecule has 5 nitrogen and oxygen atoms in total. The third kappa shape index (κ3) is 1.98. The van der Waals surface area contributed by atoms with Gasteiger partial charge >= 0.3 is 0 Å². The van der Waals surface area contributed by atoms with Crippen molar-refractivity contribution in [3.8, 4) is 0 Å². The van der Waals surface area contributed by atoms with Gasteiger partial charge in [0.25, 0.3) is 0 Å². The van der Waals surface area contributed by atoms with Crippen molar-refractivity contribution in [2.75, 3.05) is 13.1 Å². The zero-order valence-electron chi connectivity index (χ0n) is 9.71. The fourth-order valence-corrected chi connectivity index (χ4v) is 2.50. The van der Waals surface area contributed by atoms with Crippen LogP contribution < -0.4 is 11.1 Å². The third-order valence-electron chi connectivity index (χ3n) is 3.45. The van der Waals surface area contributed by atoms with Gasteiger partial charge in [-0.2, -0.15) is 0 Å². The predicted octanol–water partition coefficient (Wildman–Crippen LogP) is 0.424. The molecule has 0 saturated carbocycles. The summed E-state index contributed by atoms with van der Waals surface area (Å²) >= 11 is 0. The average molecular weight is 231 g/mol. The van der Waals surface area contributed by atoms with Crippen molar-refractivity contribution in [3.63, 3.8) is 0 Å². The Morgan fingerprint density at radius 2 is 2.35 bits per heavy atom. The van der Waals surface area contributed by atoms with Gasteiger partial charge in [0.15, 0.2) is 11.7 Å². The maximum absolute atomic E-state index is 5.86. The van der Waals surface area contributed by atoms with Crippen molar-refractivity contribution in [2.24, 2.45) is 21.6 Å². The van der Waals surface area contributed by atoms with Crippen LogP contribution in [0.1, 0.15) is 12.8 Å². The van der Waals surface area contributed by atoms with Gasteiger partial charge in [-0.25, -0.2) is 4.99 Å². The second kappa shape index (κ2) is 4.33. The van der Waals surface area contributed by atoms with Crippen molar-refractivity contribution in [2.45, 2.75) is 18.9 Å². The highest BCUT2D eigenvalue weighted by Crippen LogP contribution is 2.22. The number of hydrogen-bond acceptors (Lipinski definition) is 5. The largest absolute Gasteiger partial charge is 0.381 e. The van der Waals surface area contributed by atoms with Gasteiger partial charge in [-0.05, 0) is 31.4 Å². The van der Waals surface area contributed by atoms with E-state index in [0.717, 1.165) is 18.9 Å². The molecule has 0 spiro atoms. The lowest BCUT2D eigenvalue weighted by Crippen LogP contribution is -2.42. The molecule has 17 heavy (non-hydrogen) atoms. The molecular weight excluding hydrogens is 214 g/mol. The first kappa shape index (κ1) is 10.5. The fraction of sp³-hybridized carbons (Fsp3) is 0.500. The van der Waals surface area contributed by atoms with E-state index in [4.69, 9.17) is 10.7 Å². The zero-order chi connectivity index (χ0) is 11.7. The van der Waals surface area contributed by atoms with Crippen LogP contribution in [-0.4, -0.2) is 35.7 Å². The van der Waals surface area contributed by atoms with Gasteiger partial charge in [0.2, 0.25) is 0 Å². The molecule has 0 radical (unpaired) electrons. The first-order valence-corrected chi connectivity index (χ1v) is 6.10. The summed E-state index contributed by atoms with van der Waals surface area (Å²) in [5.74, 6) is 1.87. The smallest absolute Gasteiger partial charge is 0.175 e. The molecule has 0 aromatic carbocycles. The summed E-state index contributed by atoms with van der Waals surface area (Å²) in [6.07, 6.45) is 10.2. The van der Waals surface area contributed by atoms with Crippen LogP contribution in [0, 0.1) is 5.92 Å². The molecular formula is C12H17N5. The van der Waals surface area contributed by atoms with Crippen molar-refractivity contribution in [3.05, 3.63) is 24.7 Å². The van der Waals surface area contributed by atoms with Crippen LogP contribution in [0.15, 0.2) is 34.7 Å². The molecule has 2 unspecified atom stereocenters. The predicted molar refractivity (Wildman–Crippen MR) is 68.6 cm³/mol. The number of nitrogens with one attached hydrogen (secondary N) is 1. The number of rotatable bonds is 1. The van der Waals surface area contributed by atoms with Gasteiger partial charge in [0, 0.05) is 25.1 Å². The molecule has 0 aromatic rings. The van der Waals surface area contributed by atoms with Gasteiger partial charge in [0.1, 0.15) is 0 Å². The Morgan fingerprint density at radius 1 is 1.41 bits per heavy atom. The normalized spacial score (nSPS) is 31.9. The lowest BCUT2D eigenvalue weighted by molar-refractivity contribution is 0.348. The number of amidine groups is 2. The van der Waals surface area contributed by atoms with Crippen molar-refractivity contribution in [1.82, 2.24) is 10.2 Å². The van der Waals surface area contributed by atoms with Crippen LogP contribution in [-0.2, 0) is 0 Å². The lowest BCUT2D eigenvalue weighted by atomic mass is 9.91. The van der Waals surface area contributed by atoms with Crippen LogP contribution in [0.2, 0.25) is 0 Å². The van der Waals surface area contributed by atoms with Gasteiger partial charge in [-0.3, -0.25) is 4.99 Å². The minimum atomic E-state index is 0.231. The summed E-state index contributed by atoms with van der Waals surface area (Å²) in [6, 6.07) is 0.231. The number of fused-ring (bicyclic) bond motifs is 1. The highest BCUT2D eigenvalue weighted by atomic mass is 15.2. The molecule has 3 rings (SSSR count). The van der Waals surface area contributed by atoms with E-state index in [0.29, 0.717) is 11.8 Å². The molecule has 0 aliphatic carbocycles. The van der Waals surface area contributed by atoms with Crippen molar-refractivity contribution < 1.29 is 0 Å². The van der Waals surface area contributed by atoms with E-state index in [1.165, 1.54) is 12.8 Å². The van der Waals surface area contributed by atoms with E-state index in [-0.39, 0.29) is 6.04 Å². The molecule has 2 atom stereocenters. The topological polar surface area (TPSA) is 66.0 Å². The Labute approximate surface area is 101 Å². The average Bonchev–Trinajstić information content (AvgIpc) is 2.40. The maximum atomic E-state index is 5.86. The van der Waals surface area contributed by atoms with E-state index in [9.17, 15) is 0 Å². The van der Waals surface area contributed by atoms with Gasteiger partial charge < -0.3 is 16.0 Å². The summed E-state index contributed by atoms with van der Waals surface area (Å²) in [6.45, 7) is 2.17. The van der Waals surface area contributed by atoms with E-state index in [1.807, 2.05) is 17.3 Å². The number of nitrogens with two attached hydrogens (primary N) is 1. The Bertz CT molecular complexity index is 415. The Morgan fingerprint density at radius 3 is 3.18 bits per heavy atom. The molecule has 3 N–H and O–H groups in total. The highest BCUT2D eigenvalue weighted by Gasteiger charge is 2.26. The Kier molecular flexibility index (Phi) is 2.68. The van der Waals surface area contributed by atoms with E-state index < -0.39 is 0 Å². The van der Waals surface area contributed by atoms with Crippen LogP contribution in [0.25, 0.3) is 0 Å². The number of hydrogen-bond donors (Lipinski definition) is 2. The van der Waals surface area contributed by atoms with Gasteiger partial charge in [-0.1, -0.05) is 0 Å². The summed E-state index contributed by atoms with van der Waals surface area (Å²) in [5.41, 5.74) is 5.86. The highest BCUT2D eigenvalue weighted by molar-refractivity contribution is 6.41. The van der Waals surface area contributed by atoms with E-state index >= 15 is 0 Å². The fourth-order valence-electron chi connectivity index (χ4n) is 2.50. The number of piperidine rings is 1. The monoisotopic (exact) mass is 231 g/mol. The molecule has 1 fully saturated rings.